The summed E-state index contributed by atoms with van der Waals surface area (Å²) < 4.78 is 37.5. The van der Waals surface area contributed by atoms with Crippen LogP contribution in [0.5, 0.6) is 0 Å². The molecule has 0 bridgehead atoms. The number of ether oxygens (including phenoxy) is 1. The normalized spacial score (nSPS) is 14.8. The highest BCUT2D eigenvalue weighted by atomic mass is 79.9. The second kappa shape index (κ2) is 21.8. The SMILES string of the molecule is COC(=O)c1ccc(CN(Cc2cccc(-c3cccc(C(=O)N4CCC(CCCC5CCNCC5)CC4)c3)c2)C(=O)Cc2ccccc2Br)cc1.O=C(O)C(F)(F)F. The number of nitrogens with zero attached hydrogens (tertiary/aromatic N) is 2. The molecule has 13 heteroatoms. The number of esters is 1. The van der Waals surface area contributed by atoms with Crippen LogP contribution in [0, 0.1) is 11.8 Å². The third-order valence-electron chi connectivity index (χ3n) is 11.0. The van der Waals surface area contributed by atoms with E-state index in [1.807, 2.05) is 82.6 Å². The van der Waals surface area contributed by atoms with Crippen molar-refractivity contribution in [2.75, 3.05) is 33.3 Å². The van der Waals surface area contributed by atoms with Gasteiger partial charge in [-0.1, -0.05) is 95.9 Å². The van der Waals surface area contributed by atoms with E-state index < -0.39 is 18.1 Å². The zero-order chi connectivity index (χ0) is 42.4. The number of halogens is 4. The first-order chi connectivity index (χ1) is 28.3. The molecule has 0 aliphatic carbocycles. The van der Waals surface area contributed by atoms with Crippen LogP contribution in [0.2, 0.25) is 0 Å². The molecule has 0 atom stereocenters. The summed E-state index contributed by atoms with van der Waals surface area (Å²) in [7, 11) is 1.36. The number of hydrogen-bond donors (Lipinski definition) is 2. The van der Waals surface area contributed by atoms with Gasteiger partial charge in [0.15, 0.2) is 0 Å². The smallest absolute Gasteiger partial charge is 0.475 e. The Morgan fingerprint density at radius 1 is 0.780 bits per heavy atom. The number of nitrogens with one attached hydrogen (secondary N) is 1. The third-order valence-corrected chi connectivity index (χ3v) is 11.7. The van der Waals surface area contributed by atoms with Gasteiger partial charge in [0.05, 0.1) is 19.1 Å². The number of rotatable bonds is 13. The molecule has 2 aliphatic heterocycles. The Hall–Kier alpha value is -5.01. The highest BCUT2D eigenvalue weighted by Gasteiger charge is 2.38. The van der Waals surface area contributed by atoms with Crippen molar-refractivity contribution in [3.05, 3.63) is 129 Å². The summed E-state index contributed by atoms with van der Waals surface area (Å²) in [5.41, 5.74) is 5.98. The monoisotopic (exact) mass is 877 g/mol. The van der Waals surface area contributed by atoms with Crippen molar-refractivity contribution in [3.8, 4) is 11.1 Å². The van der Waals surface area contributed by atoms with E-state index in [1.165, 1.54) is 52.3 Å². The average Bonchev–Trinajstić information content (AvgIpc) is 3.24. The van der Waals surface area contributed by atoms with E-state index in [2.05, 4.69) is 33.4 Å². The van der Waals surface area contributed by atoms with E-state index in [1.54, 1.807) is 12.1 Å². The summed E-state index contributed by atoms with van der Waals surface area (Å²) >= 11 is 3.59. The summed E-state index contributed by atoms with van der Waals surface area (Å²) in [5, 5.41) is 10.6. The van der Waals surface area contributed by atoms with E-state index in [9.17, 15) is 27.6 Å². The number of aliphatic carboxylic acids is 1. The highest BCUT2D eigenvalue weighted by Crippen LogP contribution is 2.29. The molecule has 2 fully saturated rings. The van der Waals surface area contributed by atoms with Gasteiger partial charge in [0.1, 0.15) is 0 Å². The van der Waals surface area contributed by atoms with Crippen LogP contribution in [0.15, 0.2) is 102 Å². The molecule has 0 saturated carbocycles. The van der Waals surface area contributed by atoms with Crippen LogP contribution in [0.3, 0.4) is 0 Å². The van der Waals surface area contributed by atoms with Crippen LogP contribution < -0.4 is 5.32 Å². The van der Waals surface area contributed by atoms with Gasteiger partial charge in [-0.3, -0.25) is 9.59 Å². The van der Waals surface area contributed by atoms with E-state index in [4.69, 9.17) is 14.6 Å². The summed E-state index contributed by atoms with van der Waals surface area (Å²) in [6.45, 7) is 4.77. The minimum Gasteiger partial charge on any atom is -0.475 e. The predicted molar refractivity (Wildman–Crippen MR) is 224 cm³/mol. The van der Waals surface area contributed by atoms with Gasteiger partial charge in [-0.05, 0) is 115 Å². The maximum atomic E-state index is 13.8. The first kappa shape index (κ1) is 45.1. The fourth-order valence-corrected chi connectivity index (χ4v) is 8.03. The number of amides is 2. The molecular weight excluding hydrogens is 827 g/mol. The number of carboxylic acids is 1. The van der Waals surface area contributed by atoms with E-state index in [-0.39, 0.29) is 18.2 Å². The lowest BCUT2D eigenvalue weighted by molar-refractivity contribution is -0.192. The van der Waals surface area contributed by atoms with Crippen LogP contribution in [0.1, 0.15) is 82.4 Å². The van der Waals surface area contributed by atoms with Gasteiger partial charge >= 0.3 is 18.1 Å². The van der Waals surface area contributed by atoms with Gasteiger partial charge < -0.3 is 25.0 Å². The number of likely N-dealkylation sites (tertiary alicyclic amines) is 1. The van der Waals surface area contributed by atoms with E-state index >= 15 is 0 Å². The number of alkyl halides is 3. The molecule has 0 spiro atoms. The van der Waals surface area contributed by atoms with Gasteiger partial charge in [-0.25, -0.2) is 9.59 Å². The zero-order valence-electron chi connectivity index (χ0n) is 33.2. The zero-order valence-corrected chi connectivity index (χ0v) is 34.8. The maximum Gasteiger partial charge on any atom is 0.490 e. The molecular formula is C46H51BrF3N3O6. The average molecular weight is 879 g/mol. The number of methoxy groups -OCH3 is 1. The molecule has 6 rings (SSSR count). The number of carbonyl (C=O) groups excluding carboxylic acids is 3. The van der Waals surface area contributed by atoms with Gasteiger partial charge in [0, 0.05) is 36.2 Å². The molecule has 4 aromatic carbocycles. The van der Waals surface area contributed by atoms with E-state index in [0.29, 0.717) is 24.2 Å². The molecule has 59 heavy (non-hydrogen) atoms. The maximum absolute atomic E-state index is 13.8. The van der Waals surface area contributed by atoms with Crippen LogP contribution in [-0.4, -0.2) is 78.1 Å². The quantitative estimate of drug-likeness (QED) is 0.129. The molecule has 4 aromatic rings. The molecule has 2 heterocycles. The Kier molecular flexibility index (Phi) is 16.7. The third kappa shape index (κ3) is 13.8. The molecule has 2 N–H and O–H groups in total. The lowest BCUT2D eigenvalue weighted by Crippen LogP contribution is -2.38. The van der Waals surface area contributed by atoms with Gasteiger partial charge in [0.25, 0.3) is 5.91 Å². The Bertz CT molecular complexity index is 2030. The number of carboxylic acid groups (broad SMARTS) is 1. The van der Waals surface area contributed by atoms with Gasteiger partial charge in [-0.2, -0.15) is 13.2 Å². The number of carbonyl (C=O) groups is 4. The summed E-state index contributed by atoms with van der Waals surface area (Å²) in [5.74, 6) is -1.44. The second-order valence-electron chi connectivity index (χ2n) is 15.2. The van der Waals surface area contributed by atoms with Crippen LogP contribution in [0.4, 0.5) is 13.2 Å². The van der Waals surface area contributed by atoms with Crippen molar-refractivity contribution in [2.24, 2.45) is 11.8 Å². The van der Waals surface area contributed by atoms with Crippen molar-refractivity contribution in [1.29, 1.82) is 0 Å². The summed E-state index contributed by atoms with van der Waals surface area (Å²) in [6.07, 6.45) is 3.92. The molecule has 0 aromatic heterocycles. The van der Waals surface area contributed by atoms with Crippen LogP contribution in [0.25, 0.3) is 11.1 Å². The Morgan fingerprint density at radius 3 is 2.00 bits per heavy atom. The first-order valence-electron chi connectivity index (χ1n) is 20.0. The molecule has 2 amide bonds. The van der Waals surface area contributed by atoms with Crippen molar-refractivity contribution in [2.45, 2.75) is 70.6 Å². The Balaban J connectivity index is 0.000000867. The van der Waals surface area contributed by atoms with Crippen LogP contribution in [-0.2, 0) is 33.8 Å². The largest absolute Gasteiger partial charge is 0.490 e. The van der Waals surface area contributed by atoms with Gasteiger partial charge in [0.2, 0.25) is 5.91 Å². The lowest BCUT2D eigenvalue weighted by atomic mass is 9.87. The highest BCUT2D eigenvalue weighted by molar-refractivity contribution is 9.10. The fraction of sp³-hybridized carbons (Fsp3) is 0.391. The van der Waals surface area contributed by atoms with Crippen molar-refractivity contribution >= 4 is 39.7 Å². The standard InChI is InChI=1S/C44H50BrN3O4.C2HF3O2/c1-52-44(51)36-17-15-34(16-18-36)30-48(42(49)29-39-10-2-3-14-41(39)45)31-35-9-5-11-37(27-35)38-12-6-13-40(28-38)43(50)47-25-21-33(22-26-47)8-4-7-32-19-23-46-24-20-32;3-2(4,5)1(6)7/h2-3,5-6,9-18,27-28,32-33,46H,4,7-8,19-26,29-31H2,1H3;(H,6,7). The topological polar surface area (TPSA) is 116 Å². The number of piperidine rings is 2. The summed E-state index contributed by atoms with van der Waals surface area (Å²) in [4.78, 5) is 52.3. The number of benzene rings is 4. The second-order valence-corrected chi connectivity index (χ2v) is 16.0. The molecule has 2 saturated heterocycles. The Labute approximate surface area is 352 Å². The van der Waals surface area contributed by atoms with Crippen molar-refractivity contribution in [3.63, 3.8) is 0 Å². The predicted octanol–water partition coefficient (Wildman–Crippen LogP) is 9.33. The fourth-order valence-electron chi connectivity index (χ4n) is 7.61. The minimum atomic E-state index is -5.08. The van der Waals surface area contributed by atoms with E-state index in [0.717, 1.165) is 70.1 Å². The molecule has 2 aliphatic rings. The Morgan fingerprint density at radius 2 is 1.37 bits per heavy atom. The number of hydrogen-bond acceptors (Lipinski definition) is 6. The molecule has 9 nitrogen and oxygen atoms in total. The van der Waals surface area contributed by atoms with Crippen molar-refractivity contribution < 1.29 is 42.2 Å². The van der Waals surface area contributed by atoms with Gasteiger partial charge in [-0.15, -0.1) is 0 Å². The minimum absolute atomic E-state index is 0.00696. The summed E-state index contributed by atoms with van der Waals surface area (Å²) in [6, 6.07) is 31.1. The molecule has 0 radical (unpaired) electrons. The molecule has 0 unspecified atom stereocenters. The lowest BCUT2D eigenvalue weighted by Gasteiger charge is -2.32. The molecule has 314 valence electrons. The van der Waals surface area contributed by atoms with Crippen LogP contribution >= 0.6 is 15.9 Å². The van der Waals surface area contributed by atoms with Crippen molar-refractivity contribution in [1.82, 2.24) is 15.1 Å². The first-order valence-corrected chi connectivity index (χ1v) is 20.8.